The molecule has 6 heteroatoms. The van der Waals surface area contributed by atoms with Crippen molar-refractivity contribution in [3.05, 3.63) is 187 Å². The quantitative estimate of drug-likeness (QED) is 0.123. The van der Waals surface area contributed by atoms with Crippen LogP contribution >= 0.6 is 0 Å². The molecule has 0 aliphatic heterocycles. The van der Waals surface area contributed by atoms with Gasteiger partial charge in [0.25, 0.3) is 0 Å². The van der Waals surface area contributed by atoms with Crippen LogP contribution in [0.4, 0.5) is 0 Å². The molecule has 0 saturated heterocycles. The van der Waals surface area contributed by atoms with Crippen molar-refractivity contribution in [2.75, 3.05) is 20.8 Å². The first-order valence-corrected chi connectivity index (χ1v) is 18.6. The van der Waals surface area contributed by atoms with Gasteiger partial charge in [-0.2, -0.15) is 0 Å². The fraction of sp³-hybridized carbons (Fsp3) is 0.120. The van der Waals surface area contributed by atoms with Crippen molar-refractivity contribution < 1.29 is 28.5 Å². The largest absolute Gasteiger partial charge is 0.491 e. The highest BCUT2D eigenvalue weighted by molar-refractivity contribution is 6.09. The maximum atomic E-state index is 13.7. The Bertz CT molecular complexity index is 2640. The lowest BCUT2D eigenvalue weighted by atomic mass is 9.77. The first-order valence-electron chi connectivity index (χ1n) is 18.6. The Balaban J connectivity index is 1.18. The summed E-state index contributed by atoms with van der Waals surface area (Å²) < 4.78 is 24.0. The second-order valence-corrected chi connectivity index (χ2v) is 13.9. The number of methoxy groups -OCH3 is 2. The summed E-state index contributed by atoms with van der Waals surface area (Å²) in [6.45, 7) is 0.359. The van der Waals surface area contributed by atoms with Gasteiger partial charge in [0.1, 0.15) is 30.1 Å². The van der Waals surface area contributed by atoms with Gasteiger partial charge in [0.05, 0.1) is 19.8 Å². The topological polar surface area (TPSA) is 71.1 Å². The third-order valence-corrected chi connectivity index (χ3v) is 10.4. The highest BCUT2D eigenvalue weighted by atomic mass is 16.5. The predicted octanol–water partition coefficient (Wildman–Crippen LogP) is 11.3. The molecule has 0 radical (unpaired) electrons. The molecule has 0 spiro atoms. The molecular weight excluding hydrogens is 697 g/mol. The average Bonchev–Trinajstić information content (AvgIpc) is 3.27. The molecule has 7 aromatic rings. The fourth-order valence-electron chi connectivity index (χ4n) is 7.57. The molecule has 0 fully saturated rings. The van der Waals surface area contributed by atoms with Gasteiger partial charge >= 0.3 is 11.9 Å². The molecule has 0 saturated carbocycles. The third kappa shape index (κ3) is 7.17. The van der Waals surface area contributed by atoms with Gasteiger partial charge in [-0.25, -0.2) is 4.79 Å². The molecule has 0 heterocycles. The molecule has 0 amide bonds. The molecule has 7 aromatic carbocycles. The maximum absolute atomic E-state index is 13.7. The van der Waals surface area contributed by atoms with Crippen LogP contribution in [0, 0.1) is 5.41 Å². The van der Waals surface area contributed by atoms with E-state index in [1.165, 1.54) is 14.2 Å². The van der Waals surface area contributed by atoms with E-state index in [4.69, 9.17) is 18.9 Å². The lowest BCUT2D eigenvalue weighted by Gasteiger charge is -2.31. The van der Waals surface area contributed by atoms with E-state index in [0.717, 1.165) is 60.5 Å². The van der Waals surface area contributed by atoms with Gasteiger partial charge in [0.15, 0.2) is 0 Å². The molecule has 1 aliphatic carbocycles. The van der Waals surface area contributed by atoms with Crippen LogP contribution in [0.5, 0.6) is 11.5 Å². The van der Waals surface area contributed by atoms with Gasteiger partial charge in [-0.1, -0.05) is 140 Å². The van der Waals surface area contributed by atoms with Crippen LogP contribution in [0.25, 0.3) is 49.4 Å². The second kappa shape index (κ2) is 15.8. The number of ether oxygens (including phenoxy) is 4. The van der Waals surface area contributed by atoms with E-state index < -0.39 is 5.41 Å². The van der Waals surface area contributed by atoms with E-state index >= 15 is 0 Å². The van der Waals surface area contributed by atoms with Crippen LogP contribution in [-0.4, -0.2) is 32.8 Å². The number of hydrogen-bond donors (Lipinski definition) is 0. The van der Waals surface area contributed by atoms with Crippen LogP contribution in [0.2, 0.25) is 0 Å². The highest BCUT2D eigenvalue weighted by Crippen LogP contribution is 2.47. The zero-order valence-corrected chi connectivity index (χ0v) is 31.2. The Hall–Kier alpha value is -6.92. The summed E-state index contributed by atoms with van der Waals surface area (Å²) in [4.78, 5) is 25.9. The maximum Gasteiger partial charge on any atom is 0.337 e. The van der Waals surface area contributed by atoms with Crippen molar-refractivity contribution >= 4 is 39.1 Å². The van der Waals surface area contributed by atoms with Crippen molar-refractivity contribution in [2.45, 2.75) is 13.0 Å². The third-order valence-electron chi connectivity index (χ3n) is 10.4. The fourth-order valence-corrected chi connectivity index (χ4v) is 7.57. The smallest absolute Gasteiger partial charge is 0.337 e. The van der Waals surface area contributed by atoms with Crippen LogP contribution in [-0.2, 0) is 20.9 Å². The van der Waals surface area contributed by atoms with Crippen LogP contribution in [0.15, 0.2) is 170 Å². The van der Waals surface area contributed by atoms with Crippen LogP contribution < -0.4 is 9.47 Å². The molecule has 0 N–H and O–H groups in total. The van der Waals surface area contributed by atoms with Crippen molar-refractivity contribution in [1.29, 1.82) is 0 Å². The molecule has 0 bridgehead atoms. The molecule has 56 heavy (non-hydrogen) atoms. The average molecular weight is 737 g/mol. The summed E-state index contributed by atoms with van der Waals surface area (Å²) in [5.74, 6) is 0.588. The van der Waals surface area contributed by atoms with Crippen LogP contribution in [0.3, 0.4) is 0 Å². The molecule has 1 atom stereocenters. The van der Waals surface area contributed by atoms with Gasteiger partial charge in [0.2, 0.25) is 0 Å². The lowest BCUT2D eigenvalue weighted by Crippen LogP contribution is -2.37. The zero-order chi connectivity index (χ0) is 38.5. The number of fused-ring (bicyclic) bond motifs is 2. The van der Waals surface area contributed by atoms with Crippen molar-refractivity contribution in [3.63, 3.8) is 0 Å². The van der Waals surface area contributed by atoms with Gasteiger partial charge in [-0.3, -0.25) is 4.79 Å². The summed E-state index contributed by atoms with van der Waals surface area (Å²) in [7, 11) is 2.81. The number of esters is 2. The molecular formula is C50H40O6. The Morgan fingerprint density at radius 3 is 1.88 bits per heavy atom. The molecule has 6 nitrogen and oxygen atoms in total. The molecule has 276 valence electrons. The Kier molecular flexibility index (Phi) is 10.2. The second-order valence-electron chi connectivity index (χ2n) is 13.9. The highest BCUT2D eigenvalue weighted by Gasteiger charge is 2.41. The van der Waals surface area contributed by atoms with E-state index in [1.807, 2.05) is 109 Å². The molecule has 0 aromatic heterocycles. The van der Waals surface area contributed by atoms with Gasteiger partial charge < -0.3 is 18.9 Å². The van der Waals surface area contributed by atoms with E-state index in [9.17, 15) is 9.59 Å². The van der Waals surface area contributed by atoms with E-state index in [-0.39, 0.29) is 18.5 Å². The Morgan fingerprint density at radius 2 is 1.20 bits per heavy atom. The standard InChI is InChI=1S/C50H40O6/c1-53-48(51)40-20-11-19-39(30-40)38-18-10-13-34(29-38)32-55-44-26-24-36-16-6-8-22-42(36)46(44)47-43-23-9-7-17-37(43)25-27-45(47)56-33-50(49(52)54-2)28-12-21-41(31-50)35-14-4-3-5-15-35/h3-30H,31-33H2,1-2H3. The first-order chi connectivity index (χ1) is 27.5. The van der Waals surface area contributed by atoms with Gasteiger partial charge in [-0.15, -0.1) is 0 Å². The van der Waals surface area contributed by atoms with E-state index in [0.29, 0.717) is 30.1 Å². The van der Waals surface area contributed by atoms with Crippen molar-refractivity contribution in [3.8, 4) is 33.8 Å². The van der Waals surface area contributed by atoms with Crippen molar-refractivity contribution in [1.82, 2.24) is 0 Å². The molecule has 8 rings (SSSR count). The number of benzene rings is 7. The minimum Gasteiger partial charge on any atom is -0.491 e. The monoisotopic (exact) mass is 736 g/mol. The Morgan fingerprint density at radius 1 is 0.589 bits per heavy atom. The summed E-state index contributed by atoms with van der Waals surface area (Å²) in [6, 6.07) is 50.2. The number of allylic oxidation sites excluding steroid dienone is 3. The Labute approximate surface area is 326 Å². The van der Waals surface area contributed by atoms with Gasteiger partial charge in [0, 0.05) is 11.1 Å². The minimum atomic E-state index is -1.04. The van der Waals surface area contributed by atoms with E-state index in [2.05, 4.69) is 54.6 Å². The number of hydrogen-bond acceptors (Lipinski definition) is 6. The van der Waals surface area contributed by atoms with Gasteiger partial charge in [-0.05, 0) is 86.1 Å². The summed E-state index contributed by atoms with van der Waals surface area (Å²) >= 11 is 0. The minimum absolute atomic E-state index is 0.0661. The summed E-state index contributed by atoms with van der Waals surface area (Å²) in [6.07, 6.45) is 6.30. The number of carbonyl (C=O) groups excluding carboxylic acids is 2. The normalized spacial score (nSPS) is 14.9. The first kappa shape index (κ1) is 36.1. The van der Waals surface area contributed by atoms with Crippen LogP contribution in [0.1, 0.15) is 27.9 Å². The number of rotatable bonds is 11. The SMILES string of the molecule is COC(=O)c1cccc(-c2cccc(COc3ccc4ccccc4c3-c3c(OCC4(C(=O)OC)C=CC=C(c5ccccc5)C4)ccc4ccccc34)c2)c1. The lowest BCUT2D eigenvalue weighted by molar-refractivity contribution is -0.151. The molecule has 1 unspecified atom stereocenters. The van der Waals surface area contributed by atoms with E-state index in [1.54, 1.807) is 6.07 Å². The number of carbonyl (C=O) groups is 2. The van der Waals surface area contributed by atoms with Crippen molar-refractivity contribution in [2.24, 2.45) is 5.41 Å². The zero-order valence-electron chi connectivity index (χ0n) is 31.2. The summed E-state index contributed by atoms with van der Waals surface area (Å²) in [5.41, 5.74) is 6.13. The predicted molar refractivity (Wildman–Crippen MR) is 223 cm³/mol. The molecule has 1 aliphatic rings. The summed E-state index contributed by atoms with van der Waals surface area (Å²) in [5, 5.41) is 4.11.